The minimum absolute atomic E-state index is 0.0369. The Balaban J connectivity index is 3.13. The third kappa shape index (κ3) is 3.58. The van der Waals surface area contributed by atoms with Crippen LogP contribution in [0.25, 0.3) is 0 Å². The van der Waals surface area contributed by atoms with Crippen LogP contribution in [0.1, 0.15) is 26.6 Å². The molecular formula is C11H17N3O3. The highest BCUT2D eigenvalue weighted by atomic mass is 16.4. The van der Waals surface area contributed by atoms with Gasteiger partial charge in [-0.25, -0.2) is 4.98 Å². The monoisotopic (exact) mass is 239 g/mol. The lowest BCUT2D eigenvalue weighted by atomic mass is 10.3. The van der Waals surface area contributed by atoms with Crippen molar-refractivity contribution in [3.05, 3.63) is 22.2 Å². The zero-order chi connectivity index (χ0) is 13.0. The molecule has 0 saturated heterocycles. The molecule has 0 aliphatic heterocycles. The fourth-order valence-electron chi connectivity index (χ4n) is 1.48. The molecule has 0 unspecified atom stereocenters. The summed E-state index contributed by atoms with van der Waals surface area (Å²) in [5, 5.41) is 8.83. The van der Waals surface area contributed by atoms with Crippen LogP contribution in [0.3, 0.4) is 0 Å². The van der Waals surface area contributed by atoms with Crippen molar-refractivity contribution in [1.29, 1.82) is 0 Å². The molecule has 2 N–H and O–H groups in total. The number of carbonyl (C=O) groups is 1. The van der Waals surface area contributed by atoms with Gasteiger partial charge in [-0.3, -0.25) is 9.59 Å². The van der Waals surface area contributed by atoms with E-state index < -0.39 is 5.97 Å². The molecule has 0 bridgehead atoms. The van der Waals surface area contributed by atoms with E-state index in [-0.39, 0.29) is 18.1 Å². The van der Waals surface area contributed by atoms with E-state index in [2.05, 4.69) is 9.97 Å². The molecule has 1 heterocycles. The Morgan fingerprint density at radius 2 is 2.24 bits per heavy atom. The van der Waals surface area contributed by atoms with Gasteiger partial charge in [0.25, 0.3) is 5.56 Å². The first-order chi connectivity index (χ1) is 7.93. The van der Waals surface area contributed by atoms with Crippen LogP contribution in [0.4, 0.5) is 5.82 Å². The predicted octanol–water partition coefficient (Wildman–Crippen LogP) is 0.632. The van der Waals surface area contributed by atoms with Gasteiger partial charge in [-0.2, -0.15) is 0 Å². The number of H-pyrrole nitrogens is 1. The van der Waals surface area contributed by atoms with Gasteiger partial charge in [-0.15, -0.1) is 0 Å². The molecular weight excluding hydrogens is 222 g/mol. The lowest BCUT2D eigenvalue weighted by Crippen LogP contribution is -2.37. The van der Waals surface area contributed by atoms with Gasteiger partial charge in [-0.05, 0) is 13.8 Å². The zero-order valence-electron chi connectivity index (χ0n) is 10.2. The van der Waals surface area contributed by atoms with Crippen molar-refractivity contribution >= 4 is 11.8 Å². The maximum atomic E-state index is 11.4. The normalized spacial score (nSPS) is 10.6. The lowest BCUT2D eigenvalue weighted by molar-refractivity contribution is -0.135. The van der Waals surface area contributed by atoms with Crippen LogP contribution < -0.4 is 10.5 Å². The summed E-state index contributed by atoms with van der Waals surface area (Å²) in [6.45, 7) is 5.42. The van der Waals surface area contributed by atoms with E-state index in [0.717, 1.165) is 0 Å². The van der Waals surface area contributed by atoms with Gasteiger partial charge in [0.1, 0.15) is 18.2 Å². The van der Waals surface area contributed by atoms with E-state index in [1.54, 1.807) is 4.90 Å². The van der Waals surface area contributed by atoms with Gasteiger partial charge in [-0.1, -0.05) is 6.92 Å². The number of carboxylic acid groups (broad SMARTS) is 1. The Hall–Kier alpha value is -1.85. The van der Waals surface area contributed by atoms with Gasteiger partial charge in [0.2, 0.25) is 0 Å². The number of carboxylic acids is 1. The molecule has 0 spiro atoms. The molecule has 6 nitrogen and oxygen atoms in total. The highest BCUT2D eigenvalue weighted by Crippen LogP contribution is 2.11. The molecule has 0 fully saturated rings. The number of rotatable bonds is 5. The Bertz CT molecular complexity index is 454. The van der Waals surface area contributed by atoms with Crippen LogP contribution in [0.15, 0.2) is 10.9 Å². The summed E-state index contributed by atoms with van der Waals surface area (Å²) >= 11 is 0. The van der Waals surface area contributed by atoms with Crippen LogP contribution in [0.2, 0.25) is 0 Å². The number of aromatic amines is 1. The fraction of sp³-hybridized carbons (Fsp3) is 0.545. The molecule has 6 heteroatoms. The summed E-state index contributed by atoms with van der Waals surface area (Å²) in [6, 6.07) is 1.28. The summed E-state index contributed by atoms with van der Waals surface area (Å²) in [7, 11) is 0. The van der Waals surface area contributed by atoms with E-state index in [0.29, 0.717) is 18.1 Å². The van der Waals surface area contributed by atoms with Crippen molar-refractivity contribution in [3.8, 4) is 0 Å². The standard InChI is InChI=1S/C11H17N3O3/c1-4-8-12-9(5-10(15)13-8)14(7(2)3)6-11(16)17/h5,7H,4,6H2,1-3H3,(H,16,17)(H,12,13,15). The quantitative estimate of drug-likeness (QED) is 0.787. The number of aromatic nitrogens is 2. The maximum Gasteiger partial charge on any atom is 0.323 e. The van der Waals surface area contributed by atoms with E-state index >= 15 is 0 Å². The number of hydrogen-bond acceptors (Lipinski definition) is 4. The molecule has 0 atom stereocenters. The van der Waals surface area contributed by atoms with Crippen molar-refractivity contribution in [2.45, 2.75) is 33.2 Å². The molecule has 1 aromatic rings. The van der Waals surface area contributed by atoms with Crippen LogP contribution >= 0.6 is 0 Å². The highest BCUT2D eigenvalue weighted by molar-refractivity contribution is 5.73. The molecule has 0 saturated carbocycles. The number of nitrogens with zero attached hydrogens (tertiary/aromatic N) is 2. The Kier molecular flexibility index (Phi) is 4.25. The minimum atomic E-state index is -0.946. The zero-order valence-corrected chi connectivity index (χ0v) is 10.2. The number of anilines is 1. The van der Waals surface area contributed by atoms with E-state index in [4.69, 9.17) is 5.11 Å². The average molecular weight is 239 g/mol. The van der Waals surface area contributed by atoms with Crippen molar-refractivity contribution in [3.63, 3.8) is 0 Å². The molecule has 1 rings (SSSR count). The first-order valence-electron chi connectivity index (χ1n) is 5.52. The second-order valence-electron chi connectivity index (χ2n) is 4.02. The van der Waals surface area contributed by atoms with Crippen LogP contribution in [0, 0.1) is 0 Å². The summed E-state index contributed by atoms with van der Waals surface area (Å²) in [5.74, 6) is 0.0189. The number of aryl methyl sites for hydroxylation is 1. The number of aliphatic carboxylic acids is 1. The number of nitrogens with one attached hydrogen (secondary N) is 1. The molecule has 0 aromatic carbocycles. The summed E-state index contributed by atoms with van der Waals surface area (Å²) in [5.41, 5.74) is -0.261. The van der Waals surface area contributed by atoms with Crippen molar-refractivity contribution in [1.82, 2.24) is 9.97 Å². The molecule has 0 aliphatic rings. The molecule has 1 aromatic heterocycles. The van der Waals surface area contributed by atoms with Gasteiger partial charge < -0.3 is 15.0 Å². The molecule has 0 amide bonds. The first-order valence-corrected chi connectivity index (χ1v) is 5.52. The van der Waals surface area contributed by atoms with E-state index in [9.17, 15) is 9.59 Å². The van der Waals surface area contributed by atoms with Crippen molar-refractivity contribution < 1.29 is 9.90 Å². The highest BCUT2D eigenvalue weighted by Gasteiger charge is 2.16. The predicted molar refractivity (Wildman–Crippen MR) is 64.4 cm³/mol. The first kappa shape index (κ1) is 13.2. The summed E-state index contributed by atoms with van der Waals surface area (Å²) in [4.78, 5) is 30.6. The third-order valence-corrected chi connectivity index (χ3v) is 2.34. The van der Waals surface area contributed by atoms with E-state index in [1.807, 2.05) is 20.8 Å². The van der Waals surface area contributed by atoms with Gasteiger partial charge in [0.15, 0.2) is 0 Å². The second kappa shape index (κ2) is 5.47. The van der Waals surface area contributed by atoms with Gasteiger partial charge in [0.05, 0.1) is 0 Å². The molecule has 17 heavy (non-hydrogen) atoms. The third-order valence-electron chi connectivity index (χ3n) is 2.34. The Morgan fingerprint density at radius 1 is 1.59 bits per heavy atom. The number of hydrogen-bond donors (Lipinski definition) is 2. The van der Waals surface area contributed by atoms with Crippen molar-refractivity contribution in [2.75, 3.05) is 11.4 Å². The van der Waals surface area contributed by atoms with Gasteiger partial charge >= 0.3 is 5.97 Å². The molecule has 94 valence electrons. The average Bonchev–Trinajstić information content (AvgIpc) is 2.24. The molecule has 0 aliphatic carbocycles. The Labute approximate surface area is 99.3 Å². The summed E-state index contributed by atoms with van der Waals surface area (Å²) < 4.78 is 0. The van der Waals surface area contributed by atoms with Crippen LogP contribution in [0.5, 0.6) is 0 Å². The smallest absolute Gasteiger partial charge is 0.323 e. The van der Waals surface area contributed by atoms with E-state index in [1.165, 1.54) is 6.07 Å². The summed E-state index contributed by atoms with van der Waals surface area (Å²) in [6.07, 6.45) is 0.599. The lowest BCUT2D eigenvalue weighted by Gasteiger charge is -2.25. The topological polar surface area (TPSA) is 86.3 Å². The van der Waals surface area contributed by atoms with Gasteiger partial charge in [0, 0.05) is 18.5 Å². The SMILES string of the molecule is CCc1nc(N(CC(=O)O)C(C)C)cc(=O)[nH]1. The van der Waals surface area contributed by atoms with Crippen molar-refractivity contribution in [2.24, 2.45) is 0 Å². The largest absolute Gasteiger partial charge is 0.480 e. The van der Waals surface area contributed by atoms with Crippen LogP contribution in [-0.4, -0.2) is 33.6 Å². The fourth-order valence-corrected chi connectivity index (χ4v) is 1.48. The molecule has 0 radical (unpaired) electrons. The second-order valence-corrected chi connectivity index (χ2v) is 4.02. The minimum Gasteiger partial charge on any atom is -0.480 e. The maximum absolute atomic E-state index is 11.4. The van der Waals surface area contributed by atoms with Crippen LogP contribution in [-0.2, 0) is 11.2 Å². The Morgan fingerprint density at radius 3 is 2.71 bits per heavy atom.